The smallest absolute Gasteiger partial charge is 0.255 e. The number of benzene rings is 2. The summed E-state index contributed by atoms with van der Waals surface area (Å²) in [6.07, 6.45) is 1.49. The fourth-order valence-electron chi connectivity index (χ4n) is 3.98. The van der Waals surface area contributed by atoms with Crippen molar-refractivity contribution in [3.8, 4) is 17.1 Å². The highest BCUT2D eigenvalue weighted by molar-refractivity contribution is 5.97. The Balaban J connectivity index is 1.43. The molecule has 0 atom stereocenters. The van der Waals surface area contributed by atoms with Gasteiger partial charge >= 0.3 is 0 Å². The van der Waals surface area contributed by atoms with Crippen LogP contribution in [0.1, 0.15) is 34.7 Å². The number of ether oxygens (including phenoxy) is 1. The van der Waals surface area contributed by atoms with Gasteiger partial charge in [-0.15, -0.1) is 5.10 Å². The number of carbonyl (C=O) groups excluding carboxylic acids is 1. The Kier molecular flexibility index (Phi) is 5.60. The number of methoxy groups -OCH3 is 1. The van der Waals surface area contributed by atoms with Gasteiger partial charge in [0, 0.05) is 23.7 Å². The number of halogens is 2. The summed E-state index contributed by atoms with van der Waals surface area (Å²) >= 11 is 0. The Morgan fingerprint density at radius 1 is 1.29 bits per heavy atom. The average molecular weight is 467 g/mol. The molecule has 11 heteroatoms. The Bertz CT molecular complexity index is 1360. The standard InChI is InChI=1S/C23H23F2N7O2/c1-32-23(28-17-8-7-16-15(10-27-30-16)20(17)12-3-4-12)29-21(31-32)13-5-6-14(18(9-13)34-2)22(33)26-11-19(24)25/h5-10,12,19H,3-4,11H2,1-2H3,(H,26,33)(H,27,30)(H,28,29,31). The molecule has 1 fully saturated rings. The molecule has 4 aromatic rings. The second-order valence-corrected chi connectivity index (χ2v) is 8.16. The van der Waals surface area contributed by atoms with Gasteiger partial charge in [0.15, 0.2) is 5.82 Å². The molecule has 0 radical (unpaired) electrons. The van der Waals surface area contributed by atoms with Crippen molar-refractivity contribution in [3.63, 3.8) is 0 Å². The highest BCUT2D eigenvalue weighted by atomic mass is 19.3. The van der Waals surface area contributed by atoms with E-state index in [0.29, 0.717) is 23.3 Å². The third-order valence-corrected chi connectivity index (χ3v) is 5.78. The van der Waals surface area contributed by atoms with Crippen molar-refractivity contribution < 1.29 is 18.3 Å². The maximum atomic E-state index is 12.4. The summed E-state index contributed by atoms with van der Waals surface area (Å²) < 4.78 is 31.8. The van der Waals surface area contributed by atoms with E-state index in [-0.39, 0.29) is 11.3 Å². The Morgan fingerprint density at radius 3 is 2.85 bits per heavy atom. The maximum absolute atomic E-state index is 12.4. The van der Waals surface area contributed by atoms with Crippen molar-refractivity contribution >= 4 is 28.4 Å². The number of alkyl halides is 2. The van der Waals surface area contributed by atoms with E-state index in [1.165, 1.54) is 18.7 Å². The molecule has 2 aromatic carbocycles. The number of anilines is 2. The summed E-state index contributed by atoms with van der Waals surface area (Å²) in [6, 6.07) is 8.78. The fourth-order valence-corrected chi connectivity index (χ4v) is 3.98. The molecule has 176 valence electrons. The molecular weight excluding hydrogens is 444 g/mol. The molecule has 0 saturated heterocycles. The number of hydrogen-bond acceptors (Lipinski definition) is 6. The van der Waals surface area contributed by atoms with Gasteiger partial charge in [0.1, 0.15) is 5.75 Å². The van der Waals surface area contributed by atoms with Gasteiger partial charge in [-0.3, -0.25) is 9.89 Å². The van der Waals surface area contributed by atoms with Crippen LogP contribution in [0, 0.1) is 0 Å². The van der Waals surface area contributed by atoms with E-state index in [1.807, 2.05) is 18.3 Å². The monoisotopic (exact) mass is 467 g/mol. The third kappa shape index (κ3) is 4.16. The SMILES string of the molecule is COc1cc(-c2nc(Nc3ccc4[nH]ncc4c3C3CC3)n(C)n2)ccc1C(=O)NCC(F)F. The molecule has 2 heterocycles. The average Bonchev–Trinajstić information content (AvgIpc) is 3.44. The Hall–Kier alpha value is -4.02. The number of fused-ring (bicyclic) bond motifs is 1. The van der Waals surface area contributed by atoms with E-state index < -0.39 is 18.9 Å². The Labute approximate surface area is 193 Å². The van der Waals surface area contributed by atoms with Gasteiger partial charge in [-0.2, -0.15) is 10.1 Å². The molecule has 5 rings (SSSR count). The van der Waals surface area contributed by atoms with Crippen LogP contribution in [-0.2, 0) is 7.05 Å². The van der Waals surface area contributed by atoms with Crippen LogP contribution in [0.15, 0.2) is 36.5 Å². The molecule has 0 bridgehead atoms. The number of H-pyrrole nitrogens is 1. The number of rotatable bonds is 8. The van der Waals surface area contributed by atoms with Crippen molar-refractivity contribution in [1.29, 1.82) is 0 Å². The van der Waals surface area contributed by atoms with Crippen LogP contribution in [0.4, 0.5) is 20.4 Å². The lowest BCUT2D eigenvalue weighted by atomic mass is 10.0. The number of nitrogens with zero attached hydrogens (tertiary/aromatic N) is 4. The molecule has 2 aromatic heterocycles. The normalized spacial score (nSPS) is 13.4. The minimum Gasteiger partial charge on any atom is -0.496 e. The van der Waals surface area contributed by atoms with Crippen molar-refractivity contribution in [3.05, 3.63) is 47.7 Å². The molecule has 1 aliphatic rings. The molecule has 0 aliphatic heterocycles. The zero-order valence-corrected chi connectivity index (χ0v) is 18.6. The molecule has 0 unspecified atom stereocenters. The lowest BCUT2D eigenvalue weighted by Crippen LogP contribution is -2.28. The van der Waals surface area contributed by atoms with E-state index >= 15 is 0 Å². The summed E-state index contributed by atoms with van der Waals surface area (Å²) in [5.74, 6) is 1.08. The second kappa shape index (κ2) is 8.73. The zero-order chi connectivity index (χ0) is 23.8. The molecule has 1 amide bonds. The van der Waals surface area contributed by atoms with Crippen LogP contribution < -0.4 is 15.4 Å². The highest BCUT2D eigenvalue weighted by Gasteiger charge is 2.29. The number of carbonyl (C=O) groups is 1. The topological polar surface area (TPSA) is 110 Å². The van der Waals surface area contributed by atoms with Crippen molar-refractivity contribution in [1.82, 2.24) is 30.3 Å². The fraction of sp³-hybridized carbons (Fsp3) is 0.304. The van der Waals surface area contributed by atoms with Crippen LogP contribution in [0.2, 0.25) is 0 Å². The lowest BCUT2D eigenvalue weighted by molar-refractivity contribution is 0.0889. The van der Waals surface area contributed by atoms with E-state index in [1.54, 1.807) is 23.9 Å². The number of aryl methyl sites for hydroxylation is 1. The summed E-state index contributed by atoms with van der Waals surface area (Å²) in [4.78, 5) is 16.9. The number of amides is 1. The summed E-state index contributed by atoms with van der Waals surface area (Å²) in [7, 11) is 3.20. The third-order valence-electron chi connectivity index (χ3n) is 5.78. The van der Waals surface area contributed by atoms with Gasteiger partial charge in [-0.05, 0) is 48.6 Å². The van der Waals surface area contributed by atoms with Crippen LogP contribution >= 0.6 is 0 Å². The largest absolute Gasteiger partial charge is 0.496 e. The van der Waals surface area contributed by atoms with E-state index in [0.717, 1.165) is 29.4 Å². The van der Waals surface area contributed by atoms with E-state index in [9.17, 15) is 13.6 Å². The first-order valence-corrected chi connectivity index (χ1v) is 10.8. The van der Waals surface area contributed by atoms with Gasteiger partial charge < -0.3 is 15.4 Å². The molecule has 1 saturated carbocycles. The number of aromatic amines is 1. The van der Waals surface area contributed by atoms with Gasteiger partial charge in [-0.1, -0.05) is 6.07 Å². The molecule has 9 nitrogen and oxygen atoms in total. The minimum atomic E-state index is -2.63. The molecular formula is C23H23F2N7O2. The van der Waals surface area contributed by atoms with Gasteiger partial charge in [0.05, 0.1) is 30.9 Å². The first-order chi connectivity index (χ1) is 16.4. The van der Waals surface area contributed by atoms with Crippen LogP contribution in [0.3, 0.4) is 0 Å². The van der Waals surface area contributed by atoms with Gasteiger partial charge in [0.2, 0.25) is 5.95 Å². The summed E-state index contributed by atoms with van der Waals surface area (Å²) in [6.45, 7) is -0.728. The predicted molar refractivity (Wildman–Crippen MR) is 123 cm³/mol. The summed E-state index contributed by atoms with van der Waals surface area (Å²) in [5.41, 5.74) is 3.96. The van der Waals surface area contributed by atoms with Crippen LogP contribution in [0.25, 0.3) is 22.3 Å². The summed E-state index contributed by atoms with van der Waals surface area (Å²) in [5, 5.41) is 18.4. The number of hydrogen-bond donors (Lipinski definition) is 3. The van der Waals surface area contributed by atoms with Crippen molar-refractivity contribution in [2.24, 2.45) is 7.05 Å². The van der Waals surface area contributed by atoms with E-state index in [2.05, 4.69) is 30.9 Å². The molecule has 1 aliphatic carbocycles. The van der Waals surface area contributed by atoms with Crippen LogP contribution in [0.5, 0.6) is 5.75 Å². The second-order valence-electron chi connectivity index (χ2n) is 8.16. The predicted octanol–water partition coefficient (Wildman–Crippen LogP) is 3.98. The van der Waals surface area contributed by atoms with Crippen molar-refractivity contribution in [2.75, 3.05) is 19.0 Å². The van der Waals surface area contributed by atoms with E-state index in [4.69, 9.17) is 4.74 Å². The van der Waals surface area contributed by atoms with Gasteiger partial charge in [-0.25, -0.2) is 13.5 Å². The van der Waals surface area contributed by atoms with Gasteiger partial charge in [0.25, 0.3) is 12.3 Å². The first-order valence-electron chi connectivity index (χ1n) is 10.8. The minimum absolute atomic E-state index is 0.156. The van der Waals surface area contributed by atoms with Crippen molar-refractivity contribution in [2.45, 2.75) is 25.2 Å². The molecule has 34 heavy (non-hydrogen) atoms. The van der Waals surface area contributed by atoms with Crippen LogP contribution in [-0.4, -0.2) is 50.9 Å². The lowest BCUT2D eigenvalue weighted by Gasteiger charge is -2.11. The quantitative estimate of drug-likeness (QED) is 0.362. The Morgan fingerprint density at radius 2 is 2.12 bits per heavy atom. The first kappa shape index (κ1) is 21.8. The molecule has 3 N–H and O–H groups in total. The maximum Gasteiger partial charge on any atom is 0.255 e. The zero-order valence-electron chi connectivity index (χ0n) is 18.6. The number of aromatic nitrogens is 5. The number of nitrogens with one attached hydrogen (secondary N) is 3. The highest BCUT2D eigenvalue weighted by Crippen LogP contribution is 2.47. The molecule has 0 spiro atoms.